The van der Waals surface area contributed by atoms with Crippen LogP contribution in [0.25, 0.3) is 54.5 Å². The summed E-state index contributed by atoms with van der Waals surface area (Å²) in [7, 11) is 9.96. The maximum absolute atomic E-state index is 13.3. The molecule has 6 aliphatic rings. The lowest BCUT2D eigenvalue weighted by Gasteiger charge is -2.47. The minimum Gasteiger partial charge on any atom is -0.394 e. The van der Waals surface area contributed by atoms with E-state index >= 15 is 0 Å². The number of carbonyl (C=O) groups is 5. The molecule has 5 aromatic heterocycles. The Hall–Kier alpha value is -10.8. The van der Waals surface area contributed by atoms with E-state index in [-0.39, 0.29) is 169 Å². The van der Waals surface area contributed by atoms with Crippen molar-refractivity contribution in [3.8, 4) is 0 Å². The normalized spacial score (nSPS) is 23.9. The number of aromatic nitrogens is 5. The highest BCUT2D eigenvalue weighted by atomic mass is 16.3. The molecular weight excluding hydrogens is 1640 g/mol. The number of fused-ring (bicyclic) bond motifs is 2. The molecule has 0 radical (unpaired) electrons. The number of nitrogens with one attached hydrogen (secondary N) is 10. The van der Waals surface area contributed by atoms with Crippen LogP contribution in [0.1, 0.15) is 198 Å². The molecule has 0 saturated carbocycles. The van der Waals surface area contributed by atoms with Crippen LogP contribution >= 0.6 is 0 Å². The number of aromatic amines is 5. The summed E-state index contributed by atoms with van der Waals surface area (Å²) < 4.78 is 0. The maximum Gasteiger partial charge on any atom is 0.243 e. The first-order valence-corrected chi connectivity index (χ1v) is 47.6. The smallest absolute Gasteiger partial charge is 0.243 e. The molecule has 15 N–H and O–H groups in total. The zero-order valence-corrected chi connectivity index (χ0v) is 81.2. The second-order valence-corrected chi connectivity index (χ2v) is 40.8. The zero-order chi connectivity index (χ0) is 95.0. The van der Waals surface area contributed by atoms with Crippen molar-refractivity contribution in [1.29, 1.82) is 0 Å². The number of hydrogen-bond donors (Lipinski definition) is 15. The van der Waals surface area contributed by atoms with Crippen LogP contribution in [0.2, 0.25) is 0 Å². The van der Waals surface area contributed by atoms with Gasteiger partial charge in [-0.1, -0.05) is 145 Å². The number of nitrogens with zero attached hydrogens (tertiary/aromatic N) is 5. The molecule has 10 aromatic rings. The van der Waals surface area contributed by atoms with Crippen molar-refractivity contribution in [2.75, 3.05) is 92.8 Å². The number of H-pyrrole nitrogens is 5. The average Bonchev–Trinajstić information content (AvgIpc) is 1.44. The van der Waals surface area contributed by atoms with Crippen molar-refractivity contribution in [3.63, 3.8) is 0 Å². The van der Waals surface area contributed by atoms with Gasteiger partial charge in [0, 0.05) is 145 Å². The number of aliphatic hydroxyl groups excluding tert-OH is 5. The first-order valence-electron chi connectivity index (χ1n) is 47.6. The Kier molecular flexibility index (Phi) is 30.1. The number of carbonyl (C=O) groups excluding carboxylic acids is 5. The topological polar surface area (TPSA) is 342 Å². The van der Waals surface area contributed by atoms with E-state index in [1.165, 1.54) is 27.6 Å². The molecule has 1 aliphatic carbocycles. The molecule has 25 nitrogen and oxygen atoms in total. The monoisotopic (exact) mass is 1790 g/mol. The molecule has 0 fully saturated rings. The molecule has 5 amide bonds. The Balaban J connectivity index is 0.000000153. The lowest BCUT2D eigenvalue weighted by molar-refractivity contribution is -0.125. The summed E-state index contributed by atoms with van der Waals surface area (Å²) in [5, 5.41) is 70.8. The van der Waals surface area contributed by atoms with Crippen molar-refractivity contribution in [1.82, 2.24) is 51.5 Å². The minimum absolute atomic E-state index is 0.0193. The van der Waals surface area contributed by atoms with Crippen LogP contribution in [0, 0.1) is 35.5 Å². The van der Waals surface area contributed by atoms with Gasteiger partial charge in [0.15, 0.2) is 0 Å². The molecule has 0 unspecified atom stereocenters. The van der Waals surface area contributed by atoms with Gasteiger partial charge in [-0.2, -0.15) is 0 Å². The van der Waals surface area contributed by atoms with E-state index in [1.54, 1.807) is 0 Å². The maximum atomic E-state index is 13.3. The molecule has 0 bridgehead atoms. The lowest BCUT2D eigenvalue weighted by Crippen LogP contribution is -2.52. The molecule has 706 valence electrons. The molecule has 13 atom stereocenters. The second kappa shape index (κ2) is 40.3. The Bertz CT molecular complexity index is 5730. The fourth-order valence-electron chi connectivity index (χ4n) is 22.2. The van der Waals surface area contributed by atoms with Crippen molar-refractivity contribution in [3.05, 3.63) is 184 Å². The highest BCUT2D eigenvalue weighted by Gasteiger charge is 2.47. The van der Waals surface area contributed by atoms with Crippen LogP contribution in [-0.2, 0) is 73.3 Å². The zero-order valence-electron chi connectivity index (χ0n) is 81.2. The summed E-state index contributed by atoms with van der Waals surface area (Å²) in [6.07, 6.45) is 24.2. The van der Waals surface area contributed by atoms with Gasteiger partial charge >= 0.3 is 0 Å². The number of anilines is 5. The van der Waals surface area contributed by atoms with Gasteiger partial charge in [-0.3, -0.25) is 24.0 Å². The molecule has 16 rings (SSSR count). The van der Waals surface area contributed by atoms with E-state index in [4.69, 9.17) is 0 Å². The highest BCUT2D eigenvalue weighted by molar-refractivity contribution is 6.06. The number of allylic oxidation sites excluding steroid dienone is 4. The van der Waals surface area contributed by atoms with E-state index in [9.17, 15) is 49.5 Å². The van der Waals surface area contributed by atoms with E-state index in [1.807, 2.05) is 120 Å². The summed E-state index contributed by atoms with van der Waals surface area (Å²) in [4.78, 5) is 93.7. The minimum atomic E-state index is -0.378. The molecular formula is C106H147N15O10. The summed E-state index contributed by atoms with van der Waals surface area (Å²) >= 11 is 0. The second-order valence-electron chi connectivity index (χ2n) is 40.8. The number of amides is 5. The van der Waals surface area contributed by atoms with Gasteiger partial charge in [-0.25, -0.2) is 0 Å². The Morgan fingerprint density at radius 3 is 1.12 bits per heavy atom. The van der Waals surface area contributed by atoms with Crippen LogP contribution in [-0.4, -0.2) is 209 Å². The van der Waals surface area contributed by atoms with E-state index in [0.29, 0.717) is 44.4 Å². The average molecular weight is 1790 g/mol. The van der Waals surface area contributed by atoms with Crippen LogP contribution in [0.3, 0.4) is 0 Å². The molecule has 131 heavy (non-hydrogen) atoms. The highest BCUT2D eigenvalue weighted by Crippen LogP contribution is 2.55. The first kappa shape index (κ1) is 97.7. The Morgan fingerprint density at radius 2 is 0.763 bits per heavy atom. The predicted octanol–water partition coefficient (Wildman–Crippen LogP) is 14.4. The van der Waals surface area contributed by atoms with E-state index in [2.05, 4.69) is 225 Å². The summed E-state index contributed by atoms with van der Waals surface area (Å²) in [6.45, 7) is 42.0. The van der Waals surface area contributed by atoms with Gasteiger partial charge in [0.05, 0.1) is 85.3 Å². The van der Waals surface area contributed by atoms with Gasteiger partial charge in [0.1, 0.15) is 30.2 Å². The Morgan fingerprint density at radius 1 is 0.427 bits per heavy atom. The third-order valence-electron chi connectivity index (χ3n) is 29.5. The number of likely N-dealkylation sites (N-methyl/N-ethyl adjacent to an activating group) is 5. The fraction of sp³-hybridized carbons (Fsp3) is 0.519. The van der Waals surface area contributed by atoms with Gasteiger partial charge < -0.3 is 102 Å². The number of benzene rings is 5. The molecule has 5 aliphatic heterocycles. The quantitative estimate of drug-likeness (QED) is 0.0335. The van der Waals surface area contributed by atoms with Crippen molar-refractivity contribution in [2.24, 2.45) is 35.5 Å². The van der Waals surface area contributed by atoms with Crippen molar-refractivity contribution < 1.29 is 49.5 Å². The lowest BCUT2D eigenvalue weighted by atomic mass is 9.57. The number of aliphatic hydroxyl groups is 5. The van der Waals surface area contributed by atoms with Crippen molar-refractivity contribution in [2.45, 2.75) is 252 Å². The fourth-order valence-corrected chi connectivity index (χ4v) is 22.2. The number of rotatable bonds is 19. The molecule has 5 aromatic carbocycles. The van der Waals surface area contributed by atoms with Crippen LogP contribution in [0.15, 0.2) is 129 Å². The van der Waals surface area contributed by atoms with Gasteiger partial charge in [0.2, 0.25) is 29.5 Å². The van der Waals surface area contributed by atoms with E-state index < -0.39 is 0 Å². The van der Waals surface area contributed by atoms with Crippen molar-refractivity contribution >= 4 is 112 Å². The van der Waals surface area contributed by atoms with Crippen LogP contribution in [0.5, 0.6) is 0 Å². The third-order valence-corrected chi connectivity index (χ3v) is 29.5. The van der Waals surface area contributed by atoms with Gasteiger partial charge in [-0.15, -0.1) is 13.2 Å². The summed E-state index contributed by atoms with van der Waals surface area (Å²) in [5.74, 6) is 1.05. The first-order chi connectivity index (χ1) is 62.3. The SMILES string of the molecule is C=C[C@@H](CCC=C(C)C)c1ccc2c3c(c[nH]c13)C[C@@H](CO)NC(=O)[C@H](C(C)C)N2C.C=C[C@@]1(C)CC[C@](C)(C(C)C)c2cc3c4c(c[nH]c4c21)C[C@@H](CO)NC(=O)[C@H](C(C)C)N3C.CC(C)[C@H]1C(=O)N[C@H](CO)Cc2c[nH]c3c(Cc4ccc5c6c(c[nH]c46)C[C@@H](CO)NC(=O)[C@H](C(C)C)N5C)ccc(c23)N1C.CC(C)[C@H]1C(=O)N[C@H](CO)Cc2c[nH]c3cccc(c23)N1C. The largest absolute Gasteiger partial charge is 0.394 e. The van der Waals surface area contributed by atoms with Gasteiger partial charge in [-0.05, 0) is 205 Å². The molecule has 0 spiro atoms. The standard InChI is InChI=1S/C35H46N6O4.C28H41N3O2.C26H37N3O2.C17H23N3O2/c1-18(2)32-34(44)38-24(16-42)12-22-14-36-30-20(7-9-26(28(22)30)40(32)5)11-21-8-10-27-29-23(15-37-31(21)29)13-25(17-43)39-35(45)33(19(3)4)41(27)6;1-9-27(6)10-11-28(7,17(4)5)20-13-21-22-18(14-29-24(22)23(20)27)12-19(15-32)30-26(33)25(16(2)3)31(21)8;1-7-18(10-8-9-16(2)3)21-11-12-22-23-19(14-27-24(21)23)13-20(15-30)28-26(31)25(17(4)5)29(22)6;1-10(2)16-17(22)19-12(9-21)7-11-8-18-13-5-4-6-14(15(11)13)20(16)3/h7-10,14-15,18-19,24-25,32-33,36-37,42-43H,11-13,16-17H2,1-6H3,(H,38,44)(H,39,45);9,13-14,16-17,19,25,29,32H,1,10-12,15H2,2-8H3,(H,30,33);7,9,11-12,14,17-18,20,25,27,30H,1,8,10,13,15H2,2-6H3,(H,28,31);4-6,8,10,12,16,18,21H,7,9H2,1-3H3,(H,19,22)/t24-,25-,32-,33-;19-,25-,27-,28+;18-,20-,25-;12-,16-/m0000/s1. The number of hydrogen-bond acceptors (Lipinski definition) is 15. The summed E-state index contributed by atoms with van der Waals surface area (Å²) in [6, 6.07) is 18.1. The third kappa shape index (κ3) is 19.0. The molecule has 0 saturated heterocycles. The molecule has 25 heteroatoms. The van der Waals surface area contributed by atoms with Crippen LogP contribution in [0.4, 0.5) is 28.4 Å². The predicted molar refractivity (Wildman–Crippen MR) is 534 cm³/mol. The molecule has 10 heterocycles. The summed E-state index contributed by atoms with van der Waals surface area (Å²) in [5.41, 5.74) is 23.5. The Labute approximate surface area is 773 Å². The van der Waals surface area contributed by atoms with Crippen LogP contribution < -0.4 is 51.1 Å². The van der Waals surface area contributed by atoms with Gasteiger partial charge in [0.25, 0.3) is 0 Å². The van der Waals surface area contributed by atoms with E-state index in [0.717, 1.165) is 142 Å².